The van der Waals surface area contributed by atoms with Gasteiger partial charge < -0.3 is 5.11 Å². The van der Waals surface area contributed by atoms with Crippen LogP contribution >= 0.6 is 11.8 Å². The highest BCUT2D eigenvalue weighted by Gasteiger charge is 2.52. The largest absolute Gasteiger partial charge is 0.478 e. The van der Waals surface area contributed by atoms with Crippen LogP contribution < -0.4 is 0 Å². The predicted molar refractivity (Wildman–Crippen MR) is 105 cm³/mol. The minimum atomic E-state index is -1.02. The van der Waals surface area contributed by atoms with Gasteiger partial charge in [-0.1, -0.05) is 11.8 Å². The van der Waals surface area contributed by atoms with Gasteiger partial charge in [0.15, 0.2) is 12.9 Å². The summed E-state index contributed by atoms with van der Waals surface area (Å²) in [6, 6.07) is 12.4. The summed E-state index contributed by atoms with van der Waals surface area (Å²) in [7, 11) is 1.27. The van der Waals surface area contributed by atoms with E-state index in [0.717, 1.165) is 0 Å². The first-order valence-electron chi connectivity index (χ1n) is 8.91. The van der Waals surface area contributed by atoms with Crippen LogP contribution in [0.1, 0.15) is 33.6 Å². The molecule has 10 nitrogen and oxygen atoms in total. The van der Waals surface area contributed by atoms with E-state index in [2.05, 4.69) is 20.4 Å². The molecule has 0 amide bonds. The molecular formula is C19H16N5O5S+. The highest BCUT2D eigenvalue weighted by atomic mass is 32.2. The number of carbonyl (C=O) groups excluding carboxylic acids is 1. The van der Waals surface area contributed by atoms with Crippen molar-refractivity contribution in [3.63, 3.8) is 0 Å². The number of ketones is 1. The molecule has 2 aromatic carbocycles. The van der Waals surface area contributed by atoms with Crippen molar-refractivity contribution < 1.29 is 24.5 Å². The molecule has 3 aromatic rings. The molecule has 1 N–H and O–H groups in total. The highest BCUT2D eigenvalue weighted by Crippen LogP contribution is 2.53. The zero-order valence-electron chi connectivity index (χ0n) is 15.8. The third-order valence-electron chi connectivity index (χ3n) is 4.71. The Labute approximate surface area is 174 Å². The van der Waals surface area contributed by atoms with Crippen LogP contribution in [0.3, 0.4) is 0 Å². The maximum Gasteiger partial charge on any atom is 0.335 e. The number of benzene rings is 2. The molecule has 0 aliphatic heterocycles. The van der Waals surface area contributed by atoms with Crippen molar-refractivity contribution in [3.8, 4) is 5.69 Å². The summed E-state index contributed by atoms with van der Waals surface area (Å²) < 4.78 is 0.800. The quantitative estimate of drug-likeness (QED) is 0.427. The van der Waals surface area contributed by atoms with Gasteiger partial charge >= 0.3 is 11.7 Å². The molecule has 0 radical (unpaired) electrons. The van der Waals surface area contributed by atoms with Gasteiger partial charge in [0.25, 0.3) is 4.92 Å². The summed E-state index contributed by atoms with van der Waals surface area (Å²) in [6.07, 6.45) is 1.35. The molecule has 1 fully saturated rings. The van der Waals surface area contributed by atoms with E-state index >= 15 is 0 Å². The highest BCUT2D eigenvalue weighted by molar-refractivity contribution is 8.01. The molecule has 1 aromatic heterocycles. The van der Waals surface area contributed by atoms with Crippen molar-refractivity contribution >= 4 is 29.2 Å². The van der Waals surface area contributed by atoms with Gasteiger partial charge in [-0.2, -0.15) is 4.68 Å². The molecule has 1 aliphatic carbocycles. The molecule has 0 saturated heterocycles. The fraction of sp³-hybridized carbons (Fsp3) is 0.211. The molecule has 11 heteroatoms. The number of carboxylic acid groups (broad SMARTS) is 1. The van der Waals surface area contributed by atoms with E-state index < -0.39 is 10.7 Å². The van der Waals surface area contributed by atoms with Crippen LogP contribution in [0, 0.1) is 4.91 Å². The monoisotopic (exact) mass is 426 g/mol. The first-order valence-corrected chi connectivity index (χ1v) is 9.72. The number of aromatic nitrogens is 4. The molecule has 0 bridgehead atoms. The van der Waals surface area contributed by atoms with Gasteiger partial charge in [0, 0.05) is 17.7 Å². The van der Waals surface area contributed by atoms with E-state index in [9.17, 15) is 14.5 Å². The third kappa shape index (κ3) is 3.66. The van der Waals surface area contributed by atoms with Crippen molar-refractivity contribution in [1.82, 2.24) is 20.2 Å². The summed E-state index contributed by atoms with van der Waals surface area (Å²) in [5.74, 6) is -1.09. The average Bonchev–Trinajstić information content (AvgIpc) is 3.41. The van der Waals surface area contributed by atoms with Gasteiger partial charge in [0.2, 0.25) is 5.16 Å². The lowest BCUT2D eigenvalue weighted by Crippen LogP contribution is -2.20. The maximum atomic E-state index is 13.1. The molecule has 0 spiro atoms. The van der Waals surface area contributed by atoms with E-state index in [1.165, 1.54) is 47.8 Å². The standard InChI is InChI=1S/C19H15N5O5S/c1-29-24(28)15-8-2-12(3-9-15)16(25)19(10-11-19)30-18-20-21-22-23(18)14-6-4-13(5-7-14)17(26)27/h2-9H,10-11H2,1H3/p+1. The second-order valence-corrected chi connectivity index (χ2v) is 7.99. The SMILES string of the molecule is CO[N+](=O)c1ccc(C(=O)C2(Sc3nnnn3-c3ccc(C(=O)O)cc3)CC2)cc1. The van der Waals surface area contributed by atoms with Crippen LogP contribution in [0.5, 0.6) is 0 Å². The Morgan fingerprint density at radius 2 is 1.73 bits per heavy atom. The number of Topliss-reactive ketones (excluding diaryl/α,β-unsaturated/α-hetero) is 1. The molecule has 1 heterocycles. The smallest absolute Gasteiger partial charge is 0.335 e. The van der Waals surface area contributed by atoms with E-state index in [1.807, 2.05) is 0 Å². The van der Waals surface area contributed by atoms with Crippen LogP contribution in [0.2, 0.25) is 0 Å². The fourth-order valence-electron chi connectivity index (χ4n) is 2.92. The number of rotatable bonds is 8. The van der Waals surface area contributed by atoms with Crippen LogP contribution in [0.15, 0.2) is 53.7 Å². The van der Waals surface area contributed by atoms with Crippen LogP contribution in [-0.4, -0.2) is 53.8 Å². The average molecular weight is 426 g/mol. The topological polar surface area (TPSA) is 127 Å². The zero-order chi connectivity index (χ0) is 21.3. The summed E-state index contributed by atoms with van der Waals surface area (Å²) in [5.41, 5.74) is 1.53. The van der Waals surface area contributed by atoms with Crippen molar-refractivity contribution in [2.75, 3.05) is 7.11 Å². The number of carbonyl (C=O) groups is 2. The van der Waals surface area contributed by atoms with Gasteiger partial charge in [-0.05, 0) is 59.7 Å². The molecular weight excluding hydrogens is 410 g/mol. The zero-order valence-corrected chi connectivity index (χ0v) is 16.6. The lowest BCUT2D eigenvalue weighted by Gasteiger charge is -2.13. The Bertz CT molecular complexity index is 1120. The number of hydrogen-bond donors (Lipinski definition) is 1. The minimum Gasteiger partial charge on any atom is -0.478 e. The van der Waals surface area contributed by atoms with Gasteiger partial charge in [0.1, 0.15) is 0 Å². The summed E-state index contributed by atoms with van der Waals surface area (Å²) in [6.45, 7) is 0. The van der Waals surface area contributed by atoms with E-state index in [1.54, 1.807) is 24.3 Å². The van der Waals surface area contributed by atoms with Crippen molar-refractivity contribution in [2.24, 2.45) is 0 Å². The Hall–Kier alpha value is -3.60. The summed E-state index contributed by atoms with van der Waals surface area (Å²) in [5, 5.41) is 21.2. The fourth-order valence-corrected chi connectivity index (χ4v) is 4.09. The van der Waals surface area contributed by atoms with Crippen LogP contribution in [0.4, 0.5) is 5.69 Å². The molecule has 1 aliphatic rings. The number of tetrazole rings is 1. The Balaban J connectivity index is 1.55. The van der Waals surface area contributed by atoms with Gasteiger partial charge in [-0.25, -0.2) is 9.63 Å². The van der Waals surface area contributed by atoms with Gasteiger partial charge in [-0.3, -0.25) is 4.79 Å². The number of aromatic carboxylic acids is 1. The van der Waals surface area contributed by atoms with Crippen LogP contribution in [-0.2, 0) is 4.84 Å². The summed E-state index contributed by atoms with van der Waals surface area (Å²) >= 11 is 1.28. The molecule has 1 saturated carbocycles. The number of nitrogens with zero attached hydrogens (tertiary/aromatic N) is 5. The second kappa shape index (κ2) is 7.67. The Morgan fingerprint density at radius 1 is 1.10 bits per heavy atom. The number of thioether (sulfide) groups is 1. The molecule has 30 heavy (non-hydrogen) atoms. The van der Waals surface area contributed by atoms with Crippen molar-refractivity contribution in [2.45, 2.75) is 22.7 Å². The van der Waals surface area contributed by atoms with E-state index in [4.69, 9.17) is 5.11 Å². The molecule has 4 rings (SSSR count). The maximum absolute atomic E-state index is 13.1. The first-order chi connectivity index (χ1) is 14.4. The first kappa shape index (κ1) is 19.7. The van der Waals surface area contributed by atoms with Crippen LogP contribution in [0.25, 0.3) is 5.69 Å². The normalized spacial score (nSPS) is 14.2. The molecule has 152 valence electrons. The third-order valence-corrected chi connectivity index (χ3v) is 6.13. The van der Waals surface area contributed by atoms with Crippen molar-refractivity contribution in [3.05, 3.63) is 64.6 Å². The van der Waals surface area contributed by atoms with E-state index in [-0.39, 0.29) is 11.3 Å². The molecule has 0 atom stereocenters. The van der Waals surface area contributed by atoms with Crippen molar-refractivity contribution in [1.29, 1.82) is 0 Å². The number of carboxylic acids is 1. The summed E-state index contributed by atoms with van der Waals surface area (Å²) in [4.78, 5) is 40.6. The Morgan fingerprint density at radius 3 is 2.30 bits per heavy atom. The van der Waals surface area contributed by atoms with E-state index in [0.29, 0.717) is 39.9 Å². The van der Waals surface area contributed by atoms with Gasteiger partial charge in [-0.15, -0.1) is 5.10 Å². The predicted octanol–water partition coefficient (Wildman–Crippen LogP) is 2.84. The Kier molecular flexibility index (Phi) is 5.04. The second-order valence-electron chi connectivity index (χ2n) is 6.64. The lowest BCUT2D eigenvalue weighted by atomic mass is 10.1. The molecule has 0 unspecified atom stereocenters. The minimum absolute atomic E-state index is 0.0651. The van der Waals surface area contributed by atoms with Gasteiger partial charge in [0.05, 0.1) is 20.9 Å². The lowest BCUT2D eigenvalue weighted by molar-refractivity contribution is -0.736. The number of hydrogen-bond acceptors (Lipinski definition) is 8.